The molecule has 0 aromatic heterocycles. The summed E-state index contributed by atoms with van der Waals surface area (Å²) < 4.78 is 0. The summed E-state index contributed by atoms with van der Waals surface area (Å²) in [5.41, 5.74) is 2.76. The molecule has 1 aromatic carbocycles. The highest BCUT2D eigenvalue weighted by Gasteiger charge is 2.25. The van der Waals surface area contributed by atoms with E-state index in [0.717, 1.165) is 26.2 Å². The number of aryl methyl sites for hydroxylation is 1. The van der Waals surface area contributed by atoms with Crippen LogP contribution in [0.25, 0.3) is 0 Å². The molecule has 1 aromatic rings. The number of rotatable bonds is 4. The molecule has 1 N–H and O–H groups in total. The van der Waals surface area contributed by atoms with Crippen LogP contribution in [0.2, 0.25) is 0 Å². The lowest BCUT2D eigenvalue weighted by atomic mass is 10.1. The second kappa shape index (κ2) is 6.51. The molecule has 1 fully saturated rings. The summed E-state index contributed by atoms with van der Waals surface area (Å²) in [6.07, 6.45) is 0. The van der Waals surface area contributed by atoms with Crippen molar-refractivity contribution in [3.05, 3.63) is 35.4 Å². The Labute approximate surface area is 117 Å². The van der Waals surface area contributed by atoms with E-state index < -0.39 is 0 Å². The first-order valence-corrected chi connectivity index (χ1v) is 7.22. The smallest absolute Gasteiger partial charge is 0.0351 e. The molecule has 19 heavy (non-hydrogen) atoms. The second-order valence-electron chi connectivity index (χ2n) is 6.14. The standard InChI is InChI=1S/C16H27N3/c1-13-5-7-15(8-6-13)11-19-10-14(2)17-9-16(19)12-18(3)4/h5-8,14,16-17H,9-12H2,1-4H3. The Hall–Kier alpha value is -0.900. The van der Waals surface area contributed by atoms with E-state index >= 15 is 0 Å². The first kappa shape index (κ1) is 14.5. The van der Waals surface area contributed by atoms with Gasteiger partial charge in [-0.05, 0) is 33.5 Å². The highest BCUT2D eigenvalue weighted by Crippen LogP contribution is 2.14. The maximum absolute atomic E-state index is 3.59. The van der Waals surface area contributed by atoms with Gasteiger partial charge in [-0.1, -0.05) is 29.8 Å². The van der Waals surface area contributed by atoms with Crippen molar-refractivity contribution in [3.8, 4) is 0 Å². The molecule has 2 rings (SSSR count). The molecule has 1 heterocycles. The van der Waals surface area contributed by atoms with Crippen LogP contribution < -0.4 is 5.32 Å². The SMILES string of the molecule is Cc1ccc(CN2CC(C)NCC2CN(C)C)cc1. The summed E-state index contributed by atoms with van der Waals surface area (Å²) >= 11 is 0. The Kier molecular flexibility index (Phi) is 4.97. The van der Waals surface area contributed by atoms with E-state index in [9.17, 15) is 0 Å². The quantitative estimate of drug-likeness (QED) is 0.890. The fraction of sp³-hybridized carbons (Fsp3) is 0.625. The summed E-state index contributed by atoms with van der Waals surface area (Å²) in [7, 11) is 4.31. The van der Waals surface area contributed by atoms with Crippen LogP contribution in [0.1, 0.15) is 18.1 Å². The molecule has 106 valence electrons. The maximum Gasteiger partial charge on any atom is 0.0351 e. The average Bonchev–Trinajstić information content (AvgIpc) is 2.35. The number of nitrogens with zero attached hydrogens (tertiary/aromatic N) is 2. The average molecular weight is 261 g/mol. The van der Waals surface area contributed by atoms with Crippen molar-refractivity contribution in [2.24, 2.45) is 0 Å². The minimum atomic E-state index is 0.587. The van der Waals surface area contributed by atoms with Gasteiger partial charge >= 0.3 is 0 Å². The van der Waals surface area contributed by atoms with Gasteiger partial charge in [-0.3, -0.25) is 4.90 Å². The summed E-state index contributed by atoms with van der Waals surface area (Å²) in [5, 5.41) is 3.59. The number of likely N-dealkylation sites (N-methyl/N-ethyl adjacent to an activating group) is 1. The van der Waals surface area contributed by atoms with Crippen molar-refractivity contribution in [2.45, 2.75) is 32.5 Å². The normalized spacial score (nSPS) is 24.9. The molecule has 1 saturated heterocycles. The third kappa shape index (κ3) is 4.30. The Balaban J connectivity index is 2.02. The Morgan fingerprint density at radius 2 is 1.95 bits per heavy atom. The molecule has 0 amide bonds. The van der Waals surface area contributed by atoms with Gasteiger partial charge in [0.1, 0.15) is 0 Å². The summed E-state index contributed by atoms with van der Waals surface area (Å²) in [6.45, 7) is 8.81. The first-order chi connectivity index (χ1) is 9.04. The lowest BCUT2D eigenvalue weighted by molar-refractivity contribution is 0.105. The molecule has 0 aliphatic carbocycles. The largest absolute Gasteiger partial charge is 0.311 e. The topological polar surface area (TPSA) is 18.5 Å². The third-order valence-corrected chi connectivity index (χ3v) is 3.81. The Bertz CT molecular complexity index is 385. The number of hydrogen-bond donors (Lipinski definition) is 1. The van der Waals surface area contributed by atoms with Gasteiger partial charge in [-0.15, -0.1) is 0 Å². The molecular weight excluding hydrogens is 234 g/mol. The van der Waals surface area contributed by atoms with Crippen molar-refractivity contribution < 1.29 is 0 Å². The zero-order valence-corrected chi connectivity index (χ0v) is 12.7. The summed E-state index contributed by atoms with van der Waals surface area (Å²) in [5.74, 6) is 0. The third-order valence-electron chi connectivity index (χ3n) is 3.81. The van der Waals surface area contributed by atoms with E-state index in [1.54, 1.807) is 0 Å². The minimum Gasteiger partial charge on any atom is -0.311 e. The van der Waals surface area contributed by atoms with E-state index in [4.69, 9.17) is 0 Å². The zero-order valence-electron chi connectivity index (χ0n) is 12.7. The highest BCUT2D eigenvalue weighted by atomic mass is 15.3. The molecule has 1 aliphatic rings. The van der Waals surface area contributed by atoms with Gasteiger partial charge < -0.3 is 10.2 Å². The van der Waals surface area contributed by atoms with E-state index in [0.29, 0.717) is 12.1 Å². The van der Waals surface area contributed by atoms with Crippen molar-refractivity contribution >= 4 is 0 Å². The molecule has 3 heteroatoms. The lowest BCUT2D eigenvalue weighted by Crippen LogP contribution is -2.57. The van der Waals surface area contributed by atoms with Gasteiger partial charge in [0.05, 0.1) is 0 Å². The van der Waals surface area contributed by atoms with Gasteiger partial charge in [0.2, 0.25) is 0 Å². The summed E-state index contributed by atoms with van der Waals surface area (Å²) in [4.78, 5) is 4.90. The van der Waals surface area contributed by atoms with Gasteiger partial charge in [0.25, 0.3) is 0 Å². The summed E-state index contributed by atoms with van der Waals surface area (Å²) in [6, 6.07) is 10.1. The molecule has 3 nitrogen and oxygen atoms in total. The van der Waals surface area contributed by atoms with Crippen molar-refractivity contribution in [1.29, 1.82) is 0 Å². The Morgan fingerprint density at radius 3 is 2.58 bits per heavy atom. The van der Waals surface area contributed by atoms with E-state index in [1.165, 1.54) is 11.1 Å². The predicted octanol–water partition coefficient (Wildman–Crippen LogP) is 1.72. The van der Waals surface area contributed by atoms with Gasteiger partial charge in [0, 0.05) is 38.3 Å². The monoisotopic (exact) mass is 261 g/mol. The molecule has 0 bridgehead atoms. The van der Waals surface area contributed by atoms with Gasteiger partial charge in [0.15, 0.2) is 0 Å². The molecule has 0 spiro atoms. The Morgan fingerprint density at radius 1 is 1.26 bits per heavy atom. The predicted molar refractivity (Wildman–Crippen MR) is 81.4 cm³/mol. The number of nitrogens with one attached hydrogen (secondary N) is 1. The van der Waals surface area contributed by atoms with Crippen LogP contribution in [-0.4, -0.2) is 55.6 Å². The van der Waals surface area contributed by atoms with E-state index in [1.807, 2.05) is 0 Å². The van der Waals surface area contributed by atoms with Crippen LogP contribution in [-0.2, 0) is 6.54 Å². The van der Waals surface area contributed by atoms with Crippen LogP contribution in [0.15, 0.2) is 24.3 Å². The molecule has 1 aliphatic heterocycles. The first-order valence-electron chi connectivity index (χ1n) is 7.22. The fourth-order valence-electron chi connectivity index (χ4n) is 2.75. The van der Waals surface area contributed by atoms with Crippen LogP contribution in [0.3, 0.4) is 0 Å². The minimum absolute atomic E-state index is 0.587. The number of hydrogen-bond acceptors (Lipinski definition) is 3. The van der Waals surface area contributed by atoms with Crippen molar-refractivity contribution in [3.63, 3.8) is 0 Å². The molecule has 2 unspecified atom stereocenters. The number of benzene rings is 1. The van der Waals surface area contributed by atoms with E-state index in [2.05, 4.69) is 67.3 Å². The van der Waals surface area contributed by atoms with Crippen LogP contribution in [0.4, 0.5) is 0 Å². The molecule has 2 atom stereocenters. The van der Waals surface area contributed by atoms with E-state index in [-0.39, 0.29) is 0 Å². The fourth-order valence-corrected chi connectivity index (χ4v) is 2.75. The van der Waals surface area contributed by atoms with Gasteiger partial charge in [-0.25, -0.2) is 0 Å². The second-order valence-corrected chi connectivity index (χ2v) is 6.14. The zero-order chi connectivity index (χ0) is 13.8. The molecular formula is C16H27N3. The molecule has 0 radical (unpaired) electrons. The van der Waals surface area contributed by atoms with Crippen LogP contribution in [0.5, 0.6) is 0 Å². The van der Waals surface area contributed by atoms with Crippen molar-refractivity contribution in [2.75, 3.05) is 33.7 Å². The highest BCUT2D eigenvalue weighted by molar-refractivity contribution is 5.21. The van der Waals surface area contributed by atoms with Crippen LogP contribution in [0, 0.1) is 6.92 Å². The van der Waals surface area contributed by atoms with Crippen molar-refractivity contribution in [1.82, 2.24) is 15.1 Å². The van der Waals surface area contributed by atoms with Gasteiger partial charge in [-0.2, -0.15) is 0 Å². The lowest BCUT2D eigenvalue weighted by Gasteiger charge is -2.40. The number of piperazine rings is 1. The van der Waals surface area contributed by atoms with Crippen LogP contribution >= 0.6 is 0 Å². The maximum atomic E-state index is 3.59. The molecule has 0 saturated carbocycles.